The fraction of sp³-hybridized carbons (Fsp3) is 0.500. The summed E-state index contributed by atoms with van der Waals surface area (Å²) in [7, 11) is 0. The van der Waals surface area contributed by atoms with Crippen molar-refractivity contribution in [3.05, 3.63) is 18.1 Å². The highest BCUT2D eigenvalue weighted by Gasteiger charge is 2.02. The Morgan fingerprint density at radius 3 is 2.75 bits per heavy atom. The van der Waals surface area contributed by atoms with Crippen LogP contribution in [0.1, 0.15) is 0 Å². The van der Waals surface area contributed by atoms with Crippen molar-refractivity contribution in [2.24, 2.45) is 0 Å². The van der Waals surface area contributed by atoms with Crippen LogP contribution in [0.5, 0.6) is 0 Å². The lowest BCUT2D eigenvalue weighted by Crippen LogP contribution is -2.14. The molecule has 0 radical (unpaired) electrons. The average molecular weight is 112 g/mol. The Morgan fingerprint density at radius 1 is 1.50 bits per heavy atom. The van der Waals surface area contributed by atoms with Gasteiger partial charge < -0.3 is 9.47 Å². The first kappa shape index (κ1) is 5.42. The largest absolute Gasteiger partial charge is 0.485 e. The van der Waals surface area contributed by atoms with E-state index in [2.05, 4.69) is 12.3 Å². The van der Waals surface area contributed by atoms with Crippen LogP contribution < -0.4 is 0 Å². The van der Waals surface area contributed by atoms with Crippen molar-refractivity contribution in [1.82, 2.24) is 0 Å². The molecular weight excluding hydrogens is 104 g/mol. The smallest absolute Gasteiger partial charge is 0.163 e. The van der Waals surface area contributed by atoms with Crippen LogP contribution in [0, 0.1) is 0 Å². The third-order valence-electron chi connectivity index (χ3n) is 0.934. The lowest BCUT2D eigenvalue weighted by molar-refractivity contribution is 0.0139. The Labute approximate surface area is 48.4 Å². The molecule has 0 aromatic carbocycles. The molecule has 44 valence electrons. The summed E-state index contributed by atoms with van der Waals surface area (Å²) in [6, 6.07) is 0. The molecule has 0 saturated carbocycles. The van der Waals surface area contributed by atoms with Gasteiger partial charge in [-0.05, 0) is 0 Å². The monoisotopic (exact) mass is 112 g/mol. The van der Waals surface area contributed by atoms with Gasteiger partial charge in [0.1, 0.15) is 13.2 Å². The van der Waals surface area contributed by atoms with E-state index in [9.17, 15) is 0 Å². The van der Waals surface area contributed by atoms with Gasteiger partial charge >= 0.3 is 0 Å². The highest BCUT2D eigenvalue weighted by atomic mass is 16.6. The number of hydrogen-bond donors (Lipinski definition) is 0. The Bertz CT molecular complexity index is 114. The molecule has 1 fully saturated rings. The summed E-state index contributed by atoms with van der Waals surface area (Å²) in [5.74, 6) is 0.719. The second-order valence-electron chi connectivity index (χ2n) is 1.50. The zero-order valence-corrected chi connectivity index (χ0v) is 4.64. The maximum Gasteiger partial charge on any atom is 0.163 e. The first-order chi connectivity index (χ1) is 3.93. The molecule has 0 unspecified atom stereocenters. The van der Waals surface area contributed by atoms with Crippen molar-refractivity contribution in [3.8, 4) is 0 Å². The predicted molar refractivity (Wildman–Crippen MR) is 29.4 cm³/mol. The van der Waals surface area contributed by atoms with Gasteiger partial charge in [-0.25, -0.2) is 0 Å². The van der Waals surface area contributed by atoms with Crippen molar-refractivity contribution in [2.45, 2.75) is 0 Å². The van der Waals surface area contributed by atoms with Gasteiger partial charge in [-0.1, -0.05) is 12.3 Å². The Balaban J connectivity index is 2.45. The molecule has 8 heavy (non-hydrogen) atoms. The van der Waals surface area contributed by atoms with Crippen molar-refractivity contribution in [3.63, 3.8) is 0 Å². The molecule has 0 aromatic rings. The second kappa shape index (κ2) is 2.55. The fourth-order valence-electron chi connectivity index (χ4n) is 0.532. The van der Waals surface area contributed by atoms with E-state index < -0.39 is 0 Å². The third-order valence-corrected chi connectivity index (χ3v) is 0.934. The van der Waals surface area contributed by atoms with Crippen LogP contribution in [0.4, 0.5) is 0 Å². The summed E-state index contributed by atoms with van der Waals surface area (Å²) in [5.41, 5.74) is 2.62. The lowest BCUT2D eigenvalue weighted by Gasteiger charge is -2.13. The number of rotatable bonds is 0. The van der Waals surface area contributed by atoms with E-state index in [-0.39, 0.29) is 0 Å². The molecule has 0 bridgehead atoms. The van der Waals surface area contributed by atoms with Gasteiger partial charge in [0.25, 0.3) is 0 Å². The van der Waals surface area contributed by atoms with Gasteiger partial charge in [-0.3, -0.25) is 0 Å². The summed E-state index contributed by atoms with van der Waals surface area (Å²) in [6.07, 6.45) is 0. The van der Waals surface area contributed by atoms with Crippen LogP contribution >= 0.6 is 0 Å². The zero-order valence-electron chi connectivity index (χ0n) is 4.64. The molecule has 0 N–H and O–H groups in total. The minimum Gasteiger partial charge on any atom is -0.485 e. The van der Waals surface area contributed by atoms with E-state index >= 15 is 0 Å². The van der Waals surface area contributed by atoms with Crippen LogP contribution in [0.15, 0.2) is 18.1 Å². The molecule has 1 rings (SSSR count). The highest BCUT2D eigenvalue weighted by molar-refractivity contribution is 4.90. The molecule has 0 aromatic heterocycles. The van der Waals surface area contributed by atoms with Gasteiger partial charge in [0.15, 0.2) is 5.76 Å². The first-order valence-electron chi connectivity index (χ1n) is 2.53. The molecule has 0 atom stereocenters. The van der Waals surface area contributed by atoms with Crippen molar-refractivity contribution in [2.75, 3.05) is 19.8 Å². The minimum atomic E-state index is 0.531. The van der Waals surface area contributed by atoms with E-state index in [1.165, 1.54) is 0 Å². The van der Waals surface area contributed by atoms with Crippen LogP contribution in [0.2, 0.25) is 0 Å². The zero-order chi connectivity index (χ0) is 5.82. The summed E-state index contributed by atoms with van der Waals surface area (Å²) in [4.78, 5) is 0. The van der Waals surface area contributed by atoms with E-state index in [0.29, 0.717) is 19.8 Å². The quantitative estimate of drug-likeness (QED) is 0.429. The Hall–Kier alpha value is -0.720. The van der Waals surface area contributed by atoms with Crippen LogP contribution in [0.25, 0.3) is 0 Å². The fourth-order valence-corrected chi connectivity index (χ4v) is 0.532. The average Bonchev–Trinajstić information content (AvgIpc) is 1.90. The molecule has 2 nitrogen and oxygen atoms in total. The molecular formula is C6H8O2. The Morgan fingerprint density at radius 2 is 2.38 bits per heavy atom. The van der Waals surface area contributed by atoms with E-state index in [1.807, 2.05) is 0 Å². The normalized spacial score (nSPS) is 19.2. The van der Waals surface area contributed by atoms with Gasteiger partial charge in [0, 0.05) is 0 Å². The maximum atomic E-state index is 5.05. The molecule has 1 aliphatic heterocycles. The van der Waals surface area contributed by atoms with Gasteiger partial charge in [0.2, 0.25) is 0 Å². The van der Waals surface area contributed by atoms with E-state index in [1.54, 1.807) is 0 Å². The van der Waals surface area contributed by atoms with E-state index in [4.69, 9.17) is 9.47 Å². The molecule has 0 spiro atoms. The highest BCUT2D eigenvalue weighted by Crippen LogP contribution is 2.00. The molecule has 2 heteroatoms. The topological polar surface area (TPSA) is 18.5 Å². The molecule has 1 saturated heterocycles. The second-order valence-corrected chi connectivity index (χ2v) is 1.50. The minimum absolute atomic E-state index is 0.531. The maximum absolute atomic E-state index is 5.05. The number of hydrogen-bond acceptors (Lipinski definition) is 2. The van der Waals surface area contributed by atoms with Crippen molar-refractivity contribution >= 4 is 0 Å². The lowest BCUT2D eigenvalue weighted by atomic mass is 10.5. The van der Waals surface area contributed by atoms with Gasteiger partial charge in [-0.15, -0.1) is 0 Å². The summed E-state index contributed by atoms with van der Waals surface area (Å²) in [6.45, 7) is 5.27. The summed E-state index contributed by atoms with van der Waals surface area (Å²) >= 11 is 0. The van der Waals surface area contributed by atoms with Crippen LogP contribution in [0.3, 0.4) is 0 Å². The Kier molecular flexibility index (Phi) is 1.73. The van der Waals surface area contributed by atoms with Gasteiger partial charge in [-0.2, -0.15) is 0 Å². The molecule has 1 heterocycles. The molecule has 1 aliphatic rings. The van der Waals surface area contributed by atoms with E-state index in [0.717, 1.165) is 5.76 Å². The van der Waals surface area contributed by atoms with Crippen LogP contribution in [-0.4, -0.2) is 19.8 Å². The SMILES string of the molecule is C=C=C1COCCO1. The standard InChI is InChI=1S/C6H8O2/c1-2-6-5-7-3-4-8-6/h1,3-5H2. The summed E-state index contributed by atoms with van der Waals surface area (Å²) in [5, 5.41) is 0. The number of ether oxygens (including phenoxy) is 2. The van der Waals surface area contributed by atoms with Gasteiger partial charge in [0.05, 0.1) is 6.61 Å². The molecule has 0 amide bonds. The molecule has 0 aliphatic carbocycles. The first-order valence-corrected chi connectivity index (χ1v) is 2.53. The third kappa shape index (κ3) is 1.12. The predicted octanol–water partition coefficient (Wildman–Crippen LogP) is 0.702. The van der Waals surface area contributed by atoms with Crippen LogP contribution in [-0.2, 0) is 9.47 Å². The van der Waals surface area contributed by atoms with Crippen molar-refractivity contribution < 1.29 is 9.47 Å². The van der Waals surface area contributed by atoms with Crippen molar-refractivity contribution in [1.29, 1.82) is 0 Å². The summed E-state index contributed by atoms with van der Waals surface area (Å²) < 4.78 is 10.1.